The third-order valence-corrected chi connectivity index (χ3v) is 3.59. The van der Waals surface area contributed by atoms with Crippen molar-refractivity contribution in [3.8, 4) is 0 Å². The molecule has 0 aliphatic carbocycles. The normalized spacial score (nSPS) is 11.7. The SMILES string of the molecule is CC(F)(F)CSc1ccccc1Br. The maximum atomic E-state index is 12.5. The highest BCUT2D eigenvalue weighted by atomic mass is 79.9. The maximum Gasteiger partial charge on any atom is 0.254 e. The van der Waals surface area contributed by atoms with Gasteiger partial charge in [0, 0.05) is 16.3 Å². The molecule has 0 amide bonds. The van der Waals surface area contributed by atoms with E-state index in [2.05, 4.69) is 15.9 Å². The molecule has 0 aliphatic heterocycles. The third-order valence-electron chi connectivity index (χ3n) is 1.32. The van der Waals surface area contributed by atoms with E-state index in [9.17, 15) is 8.78 Å². The van der Waals surface area contributed by atoms with Gasteiger partial charge in [-0.2, -0.15) is 0 Å². The van der Waals surface area contributed by atoms with Crippen LogP contribution >= 0.6 is 27.7 Å². The van der Waals surface area contributed by atoms with E-state index in [4.69, 9.17) is 0 Å². The van der Waals surface area contributed by atoms with Crippen molar-refractivity contribution in [3.63, 3.8) is 0 Å². The Hall–Kier alpha value is -0.0900. The van der Waals surface area contributed by atoms with Gasteiger partial charge in [0.05, 0.1) is 5.75 Å². The van der Waals surface area contributed by atoms with Gasteiger partial charge in [0.25, 0.3) is 5.92 Å². The fourth-order valence-corrected chi connectivity index (χ4v) is 2.18. The van der Waals surface area contributed by atoms with E-state index < -0.39 is 5.92 Å². The second-order valence-electron chi connectivity index (χ2n) is 2.79. The summed E-state index contributed by atoms with van der Waals surface area (Å²) in [7, 11) is 0. The molecule has 0 saturated carbocycles. The van der Waals surface area contributed by atoms with Gasteiger partial charge in [0.1, 0.15) is 0 Å². The zero-order valence-electron chi connectivity index (χ0n) is 7.06. The highest BCUT2D eigenvalue weighted by Crippen LogP contribution is 2.30. The largest absolute Gasteiger partial charge is 0.254 e. The van der Waals surface area contributed by atoms with Crippen molar-refractivity contribution in [3.05, 3.63) is 28.7 Å². The van der Waals surface area contributed by atoms with Gasteiger partial charge in [-0.15, -0.1) is 11.8 Å². The summed E-state index contributed by atoms with van der Waals surface area (Å²) in [5, 5.41) is 0. The standard InChI is InChI=1S/C9H9BrF2S/c1-9(11,12)6-13-8-5-3-2-4-7(8)10/h2-5H,6H2,1H3. The second-order valence-corrected chi connectivity index (χ2v) is 4.66. The number of hydrogen-bond acceptors (Lipinski definition) is 1. The van der Waals surface area contributed by atoms with Gasteiger partial charge in [-0.1, -0.05) is 12.1 Å². The number of hydrogen-bond donors (Lipinski definition) is 0. The summed E-state index contributed by atoms with van der Waals surface area (Å²) < 4.78 is 25.9. The number of alkyl halides is 2. The third kappa shape index (κ3) is 4.09. The molecule has 0 atom stereocenters. The van der Waals surface area contributed by atoms with E-state index in [1.165, 1.54) is 0 Å². The van der Waals surface area contributed by atoms with Crippen molar-refractivity contribution in [1.29, 1.82) is 0 Å². The van der Waals surface area contributed by atoms with E-state index in [-0.39, 0.29) is 5.75 Å². The number of rotatable bonds is 3. The molecule has 0 radical (unpaired) electrons. The Kier molecular flexibility index (Phi) is 3.74. The fraction of sp³-hybridized carbons (Fsp3) is 0.333. The predicted octanol–water partition coefficient (Wildman–Crippen LogP) is 4.20. The van der Waals surface area contributed by atoms with Crippen LogP contribution in [0.5, 0.6) is 0 Å². The molecule has 13 heavy (non-hydrogen) atoms. The molecular weight excluding hydrogens is 258 g/mol. The maximum absolute atomic E-state index is 12.5. The molecule has 0 heterocycles. The van der Waals surface area contributed by atoms with Crippen LogP contribution in [0.1, 0.15) is 6.92 Å². The molecule has 1 rings (SSSR count). The Bertz CT molecular complexity index is 283. The minimum Gasteiger partial charge on any atom is -0.206 e. The lowest BCUT2D eigenvalue weighted by atomic mass is 10.4. The molecule has 0 unspecified atom stereocenters. The average molecular weight is 267 g/mol. The van der Waals surface area contributed by atoms with Crippen LogP contribution in [0.2, 0.25) is 0 Å². The minimum absolute atomic E-state index is 0.185. The molecule has 4 heteroatoms. The van der Waals surface area contributed by atoms with Crippen LogP contribution in [0.15, 0.2) is 33.6 Å². The lowest BCUT2D eigenvalue weighted by Gasteiger charge is -2.09. The molecule has 72 valence electrons. The number of halogens is 3. The predicted molar refractivity (Wildman–Crippen MR) is 55.5 cm³/mol. The van der Waals surface area contributed by atoms with E-state index >= 15 is 0 Å². The fourth-order valence-electron chi connectivity index (χ4n) is 0.766. The van der Waals surface area contributed by atoms with Crippen molar-refractivity contribution in [2.45, 2.75) is 17.7 Å². The first-order valence-corrected chi connectivity index (χ1v) is 5.52. The summed E-state index contributed by atoms with van der Waals surface area (Å²) in [6, 6.07) is 7.36. The van der Waals surface area contributed by atoms with Crippen molar-refractivity contribution in [1.82, 2.24) is 0 Å². The van der Waals surface area contributed by atoms with Crippen LogP contribution in [0.25, 0.3) is 0 Å². The van der Waals surface area contributed by atoms with Crippen LogP contribution in [-0.4, -0.2) is 11.7 Å². The summed E-state index contributed by atoms with van der Waals surface area (Å²) in [5.74, 6) is -2.80. The van der Waals surface area contributed by atoms with Crippen LogP contribution in [0, 0.1) is 0 Å². The van der Waals surface area contributed by atoms with Gasteiger partial charge in [0.15, 0.2) is 0 Å². The van der Waals surface area contributed by atoms with Gasteiger partial charge in [-0.3, -0.25) is 0 Å². The minimum atomic E-state index is -2.61. The Morgan fingerprint density at radius 1 is 1.38 bits per heavy atom. The molecule has 0 aliphatic rings. The van der Waals surface area contributed by atoms with Crippen molar-refractivity contribution in [2.24, 2.45) is 0 Å². The molecule has 0 fully saturated rings. The Morgan fingerprint density at radius 2 is 2.00 bits per heavy atom. The van der Waals surface area contributed by atoms with Gasteiger partial charge >= 0.3 is 0 Å². The van der Waals surface area contributed by atoms with E-state index in [0.29, 0.717) is 0 Å². The smallest absolute Gasteiger partial charge is 0.206 e. The topological polar surface area (TPSA) is 0 Å². The van der Waals surface area contributed by atoms with E-state index in [0.717, 1.165) is 28.1 Å². The zero-order valence-corrected chi connectivity index (χ0v) is 9.46. The van der Waals surface area contributed by atoms with Crippen LogP contribution in [0.3, 0.4) is 0 Å². The lowest BCUT2D eigenvalue weighted by molar-refractivity contribution is 0.0492. The summed E-state index contributed by atoms with van der Waals surface area (Å²) >= 11 is 4.46. The molecule has 1 aromatic rings. The number of benzene rings is 1. The molecular formula is C9H9BrF2S. The molecule has 0 saturated heterocycles. The Balaban J connectivity index is 2.60. The second kappa shape index (κ2) is 4.42. The molecule has 0 bridgehead atoms. The van der Waals surface area contributed by atoms with Crippen LogP contribution < -0.4 is 0 Å². The number of thioether (sulfide) groups is 1. The van der Waals surface area contributed by atoms with Gasteiger partial charge in [-0.05, 0) is 28.1 Å². The molecule has 0 nitrogen and oxygen atoms in total. The summed E-state index contributed by atoms with van der Waals surface area (Å²) in [4.78, 5) is 0.851. The van der Waals surface area contributed by atoms with Crippen LogP contribution in [-0.2, 0) is 0 Å². The first-order chi connectivity index (χ1) is 5.99. The summed E-state index contributed by atoms with van der Waals surface area (Å²) in [6.45, 7) is 0.927. The quantitative estimate of drug-likeness (QED) is 0.740. The first kappa shape index (κ1) is 11.0. The van der Waals surface area contributed by atoms with Crippen molar-refractivity contribution in [2.75, 3.05) is 5.75 Å². The van der Waals surface area contributed by atoms with Crippen molar-refractivity contribution >= 4 is 27.7 Å². The summed E-state index contributed by atoms with van der Waals surface area (Å²) in [5.41, 5.74) is 0. The highest BCUT2D eigenvalue weighted by molar-refractivity contribution is 9.10. The van der Waals surface area contributed by atoms with Gasteiger partial charge < -0.3 is 0 Å². The average Bonchev–Trinajstić information content (AvgIpc) is 2.01. The van der Waals surface area contributed by atoms with Crippen LogP contribution in [0.4, 0.5) is 8.78 Å². The van der Waals surface area contributed by atoms with E-state index in [1.807, 2.05) is 24.3 Å². The Labute approximate surface area is 88.8 Å². The molecule has 0 spiro atoms. The first-order valence-electron chi connectivity index (χ1n) is 3.74. The van der Waals surface area contributed by atoms with E-state index in [1.54, 1.807) is 0 Å². The molecule has 1 aromatic carbocycles. The summed E-state index contributed by atoms with van der Waals surface area (Å²) in [6.07, 6.45) is 0. The highest BCUT2D eigenvalue weighted by Gasteiger charge is 2.21. The molecule has 0 N–H and O–H groups in total. The monoisotopic (exact) mass is 266 g/mol. The lowest BCUT2D eigenvalue weighted by Crippen LogP contribution is -2.12. The molecule has 0 aromatic heterocycles. The van der Waals surface area contributed by atoms with Gasteiger partial charge in [0.2, 0.25) is 0 Å². The van der Waals surface area contributed by atoms with Crippen molar-refractivity contribution < 1.29 is 8.78 Å². The zero-order chi connectivity index (χ0) is 9.90. The van der Waals surface area contributed by atoms with Gasteiger partial charge in [-0.25, -0.2) is 8.78 Å². The Morgan fingerprint density at radius 3 is 2.54 bits per heavy atom.